The van der Waals surface area contributed by atoms with Gasteiger partial charge in [-0.3, -0.25) is 4.79 Å². The molecule has 2 aliphatic carbocycles. The van der Waals surface area contributed by atoms with Crippen LogP contribution in [0, 0.1) is 11.8 Å². The van der Waals surface area contributed by atoms with Crippen molar-refractivity contribution >= 4 is 5.91 Å². The van der Waals surface area contributed by atoms with Gasteiger partial charge in [0, 0.05) is 25.5 Å². The summed E-state index contributed by atoms with van der Waals surface area (Å²) in [5, 5.41) is 4.11. The summed E-state index contributed by atoms with van der Waals surface area (Å²) in [6, 6.07) is -0.0255. The molecule has 0 N–H and O–H groups in total. The zero-order chi connectivity index (χ0) is 17.1. The molecule has 1 aliphatic heterocycles. The van der Waals surface area contributed by atoms with Gasteiger partial charge in [-0.2, -0.15) is 4.98 Å². The molecule has 1 aromatic rings. The molecule has 1 amide bonds. The maximum atomic E-state index is 12.5. The van der Waals surface area contributed by atoms with Crippen LogP contribution in [0.15, 0.2) is 4.52 Å². The van der Waals surface area contributed by atoms with Crippen LogP contribution in [-0.2, 0) is 16.0 Å². The van der Waals surface area contributed by atoms with E-state index in [-0.39, 0.29) is 17.9 Å². The van der Waals surface area contributed by atoms with Gasteiger partial charge in [0.2, 0.25) is 11.8 Å². The van der Waals surface area contributed by atoms with Gasteiger partial charge in [-0.25, -0.2) is 0 Å². The number of hydrogen-bond acceptors (Lipinski definition) is 5. The minimum absolute atomic E-state index is 0.0255. The number of hydrogen-bond donors (Lipinski definition) is 0. The number of piperidine rings is 1. The molecule has 6 heteroatoms. The molecule has 138 valence electrons. The maximum Gasteiger partial charge on any atom is 0.249 e. The Morgan fingerprint density at radius 1 is 1.12 bits per heavy atom. The fourth-order valence-electron chi connectivity index (χ4n) is 4.11. The number of amides is 1. The van der Waals surface area contributed by atoms with Gasteiger partial charge in [-0.05, 0) is 50.9 Å². The van der Waals surface area contributed by atoms with Crippen LogP contribution in [0.3, 0.4) is 0 Å². The second-order valence-electron chi connectivity index (χ2n) is 7.84. The SMILES string of the molecule is O=C(C1CC1)N1CCCCC1c1nc(CCOCC2CCCC2)no1. The van der Waals surface area contributed by atoms with Crippen molar-refractivity contribution < 1.29 is 14.1 Å². The number of rotatable bonds is 7. The minimum Gasteiger partial charge on any atom is -0.381 e. The van der Waals surface area contributed by atoms with E-state index in [4.69, 9.17) is 9.26 Å². The molecular weight excluding hydrogens is 318 g/mol. The van der Waals surface area contributed by atoms with Gasteiger partial charge in [0.25, 0.3) is 0 Å². The molecule has 0 radical (unpaired) electrons. The molecule has 1 atom stereocenters. The van der Waals surface area contributed by atoms with Crippen LogP contribution in [0.25, 0.3) is 0 Å². The first-order valence-electron chi connectivity index (χ1n) is 10.0. The van der Waals surface area contributed by atoms with Crippen LogP contribution >= 0.6 is 0 Å². The van der Waals surface area contributed by atoms with Crippen molar-refractivity contribution in [3.05, 3.63) is 11.7 Å². The summed E-state index contributed by atoms with van der Waals surface area (Å²) >= 11 is 0. The Morgan fingerprint density at radius 2 is 1.92 bits per heavy atom. The third-order valence-electron chi connectivity index (χ3n) is 5.78. The van der Waals surface area contributed by atoms with Gasteiger partial charge in [0.1, 0.15) is 6.04 Å². The molecule has 3 fully saturated rings. The van der Waals surface area contributed by atoms with E-state index in [9.17, 15) is 4.79 Å². The van der Waals surface area contributed by atoms with Crippen LogP contribution in [0.4, 0.5) is 0 Å². The normalized spacial score (nSPS) is 24.8. The average molecular weight is 347 g/mol. The highest BCUT2D eigenvalue weighted by atomic mass is 16.5. The Hall–Kier alpha value is -1.43. The van der Waals surface area contributed by atoms with Gasteiger partial charge in [0.05, 0.1) is 6.61 Å². The molecule has 0 bridgehead atoms. The fourth-order valence-corrected chi connectivity index (χ4v) is 4.11. The van der Waals surface area contributed by atoms with Crippen molar-refractivity contribution in [3.8, 4) is 0 Å². The van der Waals surface area contributed by atoms with Crippen LogP contribution in [0.2, 0.25) is 0 Å². The monoisotopic (exact) mass is 347 g/mol. The van der Waals surface area contributed by atoms with Gasteiger partial charge in [-0.1, -0.05) is 18.0 Å². The van der Waals surface area contributed by atoms with Crippen LogP contribution in [0.5, 0.6) is 0 Å². The number of carbonyl (C=O) groups excluding carboxylic acids is 1. The van der Waals surface area contributed by atoms with Gasteiger partial charge < -0.3 is 14.2 Å². The maximum absolute atomic E-state index is 12.5. The highest BCUT2D eigenvalue weighted by molar-refractivity contribution is 5.81. The average Bonchev–Trinajstić information content (AvgIpc) is 3.16. The highest BCUT2D eigenvalue weighted by Crippen LogP contribution is 2.37. The number of ether oxygens (including phenoxy) is 1. The van der Waals surface area contributed by atoms with Gasteiger partial charge in [-0.15, -0.1) is 0 Å². The number of aromatic nitrogens is 2. The lowest BCUT2D eigenvalue weighted by molar-refractivity contribution is -0.137. The Balaban J connectivity index is 1.29. The molecule has 1 unspecified atom stereocenters. The number of nitrogens with zero attached hydrogens (tertiary/aromatic N) is 3. The van der Waals surface area contributed by atoms with E-state index in [1.807, 2.05) is 4.90 Å². The summed E-state index contributed by atoms with van der Waals surface area (Å²) in [4.78, 5) is 19.0. The molecule has 3 aliphatic rings. The lowest BCUT2D eigenvalue weighted by Crippen LogP contribution is -2.39. The zero-order valence-electron chi connectivity index (χ0n) is 15.0. The Kier molecular flexibility index (Phi) is 5.34. The minimum atomic E-state index is -0.0255. The van der Waals surface area contributed by atoms with E-state index in [0.29, 0.717) is 24.7 Å². The highest BCUT2D eigenvalue weighted by Gasteiger charge is 2.39. The standard InChI is InChI=1S/C19H29N3O3/c23-19(15-8-9-15)22-11-4-3-7-16(22)18-20-17(21-25-18)10-12-24-13-14-5-1-2-6-14/h14-16H,1-13H2. The van der Waals surface area contributed by atoms with Crippen LogP contribution in [-0.4, -0.2) is 40.7 Å². The van der Waals surface area contributed by atoms with Crippen molar-refractivity contribution in [3.63, 3.8) is 0 Å². The van der Waals surface area contributed by atoms with E-state index in [1.165, 1.54) is 25.7 Å². The van der Waals surface area contributed by atoms with E-state index in [0.717, 1.165) is 51.2 Å². The number of carbonyl (C=O) groups is 1. The van der Waals surface area contributed by atoms with E-state index in [1.54, 1.807) is 0 Å². The third-order valence-corrected chi connectivity index (χ3v) is 5.78. The largest absolute Gasteiger partial charge is 0.381 e. The summed E-state index contributed by atoms with van der Waals surface area (Å²) in [6.07, 6.45) is 11.2. The summed E-state index contributed by atoms with van der Waals surface area (Å²) in [7, 11) is 0. The molecule has 0 aromatic carbocycles. The molecule has 0 spiro atoms. The molecule has 1 aromatic heterocycles. The van der Waals surface area contributed by atoms with E-state index < -0.39 is 0 Å². The molecule has 4 rings (SSSR count). The van der Waals surface area contributed by atoms with Crippen LogP contribution in [0.1, 0.15) is 75.5 Å². The molecule has 2 heterocycles. The molecular formula is C19H29N3O3. The number of likely N-dealkylation sites (tertiary alicyclic amines) is 1. The van der Waals surface area contributed by atoms with Crippen molar-refractivity contribution in [1.29, 1.82) is 0 Å². The van der Waals surface area contributed by atoms with E-state index in [2.05, 4.69) is 10.1 Å². The molecule has 6 nitrogen and oxygen atoms in total. The lowest BCUT2D eigenvalue weighted by atomic mass is 10.0. The summed E-state index contributed by atoms with van der Waals surface area (Å²) in [5.41, 5.74) is 0. The predicted octanol–water partition coefficient (Wildman–Crippen LogP) is 3.28. The van der Waals surface area contributed by atoms with Crippen LogP contribution < -0.4 is 0 Å². The first kappa shape index (κ1) is 17.0. The molecule has 1 saturated heterocycles. The second-order valence-corrected chi connectivity index (χ2v) is 7.84. The Bertz CT molecular complexity index is 578. The molecule has 2 saturated carbocycles. The lowest BCUT2D eigenvalue weighted by Gasteiger charge is -2.33. The first-order chi connectivity index (χ1) is 12.3. The van der Waals surface area contributed by atoms with Gasteiger partial charge in [0.15, 0.2) is 5.82 Å². The molecule has 25 heavy (non-hydrogen) atoms. The Morgan fingerprint density at radius 3 is 2.72 bits per heavy atom. The predicted molar refractivity (Wildman–Crippen MR) is 91.8 cm³/mol. The quantitative estimate of drug-likeness (QED) is 0.708. The van der Waals surface area contributed by atoms with Crippen molar-refractivity contribution in [2.45, 2.75) is 70.3 Å². The summed E-state index contributed by atoms with van der Waals surface area (Å²) in [6.45, 7) is 2.32. The van der Waals surface area contributed by atoms with Crippen molar-refractivity contribution in [2.75, 3.05) is 19.8 Å². The fraction of sp³-hybridized carbons (Fsp3) is 0.842. The van der Waals surface area contributed by atoms with Gasteiger partial charge >= 0.3 is 0 Å². The topological polar surface area (TPSA) is 68.5 Å². The van der Waals surface area contributed by atoms with Crippen molar-refractivity contribution in [2.24, 2.45) is 11.8 Å². The zero-order valence-corrected chi connectivity index (χ0v) is 15.0. The second kappa shape index (κ2) is 7.85. The van der Waals surface area contributed by atoms with E-state index >= 15 is 0 Å². The van der Waals surface area contributed by atoms with Crippen molar-refractivity contribution in [1.82, 2.24) is 15.0 Å². The summed E-state index contributed by atoms with van der Waals surface area (Å²) in [5.74, 6) is 2.58. The third kappa shape index (κ3) is 4.22. The first-order valence-corrected chi connectivity index (χ1v) is 10.0. The summed E-state index contributed by atoms with van der Waals surface area (Å²) < 4.78 is 11.3. The smallest absolute Gasteiger partial charge is 0.249 e. The Labute approximate surface area is 149 Å².